The first-order valence-electron chi connectivity index (χ1n) is 35.9. The summed E-state index contributed by atoms with van der Waals surface area (Å²) in [5.74, 6) is 6.25. The topological polar surface area (TPSA) is 275 Å². The van der Waals surface area contributed by atoms with Gasteiger partial charge in [0.1, 0.15) is 17.2 Å². The molecule has 5 aliphatic rings. The maximum Gasteiger partial charge on any atom is 0.494 e. The minimum atomic E-state index is -1.66. The van der Waals surface area contributed by atoms with E-state index < -0.39 is 21.1 Å². The number of pyridine rings is 9. The second-order valence-corrected chi connectivity index (χ2v) is 37.7. The molecule has 2 saturated heterocycles. The summed E-state index contributed by atoms with van der Waals surface area (Å²) >= 11 is 10.2. The van der Waals surface area contributed by atoms with E-state index in [1.165, 1.54) is 0 Å². The fourth-order valence-electron chi connectivity index (χ4n) is 12.0. The average Bonchev–Trinajstić information content (AvgIpc) is 1.58. The number of thiazole rings is 2. The molecular formula is C77H99B3Br2N11O12P5S2. The van der Waals surface area contributed by atoms with Gasteiger partial charge in [-0.1, -0.05) is 15.4 Å². The Balaban J connectivity index is 0.000000164. The summed E-state index contributed by atoms with van der Waals surface area (Å²) < 4.78 is 59.3. The largest absolute Gasteiger partial charge is 0.495 e. The number of nitrogens with zero attached hydrogens (tertiary/aromatic N) is 11. The van der Waals surface area contributed by atoms with Crippen molar-refractivity contribution < 1.29 is 57.1 Å². The Morgan fingerprint density at radius 2 is 0.848 bits per heavy atom. The molecule has 35 heteroatoms. The lowest BCUT2D eigenvalue weighted by molar-refractivity contribution is 0.00578. The predicted molar refractivity (Wildman–Crippen MR) is 473 cm³/mol. The van der Waals surface area contributed by atoms with E-state index in [1.807, 2.05) is 156 Å². The average molecular weight is 1780 g/mol. The van der Waals surface area contributed by atoms with Crippen LogP contribution in [0.1, 0.15) is 138 Å². The van der Waals surface area contributed by atoms with Crippen LogP contribution in [0, 0.1) is 45.4 Å². The quantitative estimate of drug-likeness (QED) is 0.0596. The highest BCUT2D eigenvalue weighted by Gasteiger charge is 2.64. The zero-order valence-electron chi connectivity index (χ0n) is 64.8. The van der Waals surface area contributed by atoms with Crippen LogP contribution in [0.3, 0.4) is 0 Å². The number of rotatable bonds is 18. The number of halogens is 2. The third-order valence-electron chi connectivity index (χ3n) is 19.9. The van der Waals surface area contributed by atoms with Gasteiger partial charge in [-0.2, -0.15) is 0 Å². The number of methoxy groups -OCH3 is 3. The Bertz CT molecular complexity index is 4820. The van der Waals surface area contributed by atoms with E-state index in [1.54, 1.807) is 93.3 Å². The molecule has 13 heterocycles. The Labute approximate surface area is 693 Å². The van der Waals surface area contributed by atoms with E-state index in [0.29, 0.717) is 78.1 Å². The first kappa shape index (κ1) is 90.2. The summed E-state index contributed by atoms with van der Waals surface area (Å²) in [4.78, 5) is 49.9. The van der Waals surface area contributed by atoms with Crippen LogP contribution >= 0.6 is 98.2 Å². The van der Waals surface area contributed by atoms with Gasteiger partial charge in [0.05, 0.1) is 155 Å². The van der Waals surface area contributed by atoms with E-state index in [-0.39, 0.29) is 41.2 Å². The molecule has 0 radical (unpaired) electrons. The number of hydrogen-bond donors (Lipinski definition) is 2. The summed E-state index contributed by atoms with van der Waals surface area (Å²) in [6.07, 6.45) is 13.6. The molecule has 0 amide bonds. The molecule has 2 aliphatic heterocycles. The lowest BCUT2D eigenvalue weighted by Gasteiger charge is -2.32. The molecule has 3 aliphatic carbocycles. The van der Waals surface area contributed by atoms with E-state index in [0.717, 1.165) is 124 Å². The number of ether oxygens (including phenoxy) is 6. The van der Waals surface area contributed by atoms with Crippen LogP contribution in [-0.4, -0.2) is 150 Å². The molecule has 0 aromatic carbocycles. The molecule has 11 aromatic heterocycles. The predicted octanol–water partition coefficient (Wildman–Crippen LogP) is 17.1. The smallest absolute Gasteiger partial charge is 0.494 e. The van der Waals surface area contributed by atoms with Crippen LogP contribution in [0.5, 0.6) is 34.9 Å². The van der Waals surface area contributed by atoms with Crippen LogP contribution in [0.2, 0.25) is 0 Å². The molecule has 16 rings (SSSR count). The van der Waals surface area contributed by atoms with Gasteiger partial charge in [0, 0.05) is 76.6 Å². The lowest BCUT2D eigenvalue weighted by atomic mass is 9.49. The van der Waals surface area contributed by atoms with Gasteiger partial charge in [0.2, 0.25) is 17.6 Å². The lowest BCUT2D eigenvalue weighted by Crippen LogP contribution is -2.41. The van der Waals surface area contributed by atoms with Crippen molar-refractivity contribution in [2.24, 2.45) is 17.8 Å². The van der Waals surface area contributed by atoms with Crippen LogP contribution < -0.4 is 33.9 Å². The zero-order chi connectivity index (χ0) is 80.1. The first-order chi connectivity index (χ1) is 53.0. The van der Waals surface area contributed by atoms with Crippen molar-refractivity contribution in [3.63, 3.8) is 0 Å². The van der Waals surface area contributed by atoms with Crippen molar-refractivity contribution >= 4 is 158 Å². The van der Waals surface area contributed by atoms with Gasteiger partial charge >= 0.3 is 21.1 Å². The zero-order valence-corrected chi connectivity index (χ0v) is 75.3. The van der Waals surface area contributed by atoms with Gasteiger partial charge in [0.25, 0.3) is 0 Å². The van der Waals surface area contributed by atoms with Gasteiger partial charge in [0.15, 0.2) is 0 Å². The van der Waals surface area contributed by atoms with Gasteiger partial charge in [-0.25, -0.2) is 24.9 Å². The molecule has 3 saturated carbocycles. The third kappa shape index (κ3) is 23.3. The highest BCUT2D eigenvalue weighted by molar-refractivity contribution is 9.11. The Morgan fingerprint density at radius 1 is 0.491 bits per heavy atom. The second-order valence-electron chi connectivity index (χ2n) is 28.8. The summed E-state index contributed by atoms with van der Waals surface area (Å²) in [6, 6.07) is 28.7. The number of aryl methyl sites for hydroxylation is 4. The minimum absolute atomic E-state index is 0. The number of aromatic nitrogens is 11. The summed E-state index contributed by atoms with van der Waals surface area (Å²) in [5.41, 5.74) is 9.64. The molecule has 23 nitrogen and oxygen atoms in total. The molecule has 5 fully saturated rings. The van der Waals surface area contributed by atoms with Gasteiger partial charge in [-0.05, 0) is 225 Å². The van der Waals surface area contributed by atoms with E-state index in [4.69, 9.17) is 52.0 Å². The molecule has 0 spiro atoms. The van der Waals surface area contributed by atoms with Gasteiger partial charge < -0.3 is 57.1 Å². The maximum atomic E-state index is 9.61. The molecule has 7 unspecified atom stereocenters. The Morgan fingerprint density at radius 3 is 1.19 bits per heavy atom. The summed E-state index contributed by atoms with van der Waals surface area (Å²) in [6.45, 7) is 25.9. The molecular weight excluding hydrogens is 1680 g/mol. The van der Waals surface area contributed by atoms with Gasteiger partial charge in [-0.15, -0.1) is 58.4 Å². The van der Waals surface area contributed by atoms with Crippen molar-refractivity contribution in [3.05, 3.63) is 175 Å². The minimum Gasteiger partial charge on any atom is -0.495 e. The van der Waals surface area contributed by atoms with Crippen molar-refractivity contribution in [2.75, 3.05) is 41.2 Å². The highest BCUT2D eigenvalue weighted by atomic mass is 79.9. The van der Waals surface area contributed by atoms with Gasteiger partial charge in [-0.3, -0.25) is 29.9 Å². The SMILES string of the molecule is C.CC1(C)OB(B2OC(C)(C)C(C)(C)O2)OC1(C)C.COc1ccc(C2C[C@@H]2COc2nc3cccnc3cc2-c2sc(C)nc2C)nc1.COc1ccc(C2C[C@@H]2COc2nc3cccnc3cc2B(O)O)nc1.COc1ccc(C2C[C@@H]2COc2nc3cccnc3cc2Br)nc1.Cc1nc(C)c(Br)s1.PP.PPP. The standard InChI is InChI=1S/C23H22N4O2S.C18H18BN3O4.C18H16BrN3O2.C12H24B2O4.C5H6BrNS.CH4.H5P3.H4P2/c1-13-22(30-14(2)26-13)18-10-21-20(5-4-8-24-21)27-23(18)29-12-15-9-17(15)19-7-6-16(28-3)11-25-19;1-25-12-4-5-15(21-9-12)13-7-11(13)10-26-18-14(19(23)24)8-17-16(22-18)3-2-6-20-17;1-23-12-4-5-15(21-9-12)13-7-11(13)10-24-18-14(19)8-17-16(22-18)3-2-6-20-17;1-9(2)10(3,4)16-13(15-9)14-17-11(5,6)12(7,8)18-14;1-3-5(6)8-4(2)7-3;;1-3-2;1-2/h4-8,10-11,15,17H,9,12H2,1-3H3;2-6,8-9,11,13,23-24H,7,10H2,1H3;2-6,8-9,11,13H,7,10H2,1H3;1-8H3;1-2H3;1H4;3H,1-2H2;1-2H2/t15-,17?;2*11-,13?;;;;;/m111...../s1. The van der Waals surface area contributed by atoms with Crippen molar-refractivity contribution in [1.82, 2.24) is 54.8 Å². The van der Waals surface area contributed by atoms with Crippen LogP contribution in [0.15, 0.2) is 136 Å². The van der Waals surface area contributed by atoms with E-state index in [2.05, 4.69) is 123 Å². The summed E-state index contributed by atoms with van der Waals surface area (Å²) in [5, 5.41) is 21.4. The third-order valence-corrected chi connectivity index (χ3v) is 23.5. The van der Waals surface area contributed by atoms with Crippen LogP contribution in [0.25, 0.3) is 43.5 Å². The van der Waals surface area contributed by atoms with Crippen molar-refractivity contribution in [2.45, 2.75) is 150 Å². The Hall–Kier alpha value is -5.75. The molecule has 594 valence electrons. The highest BCUT2D eigenvalue weighted by Crippen LogP contribution is 2.50. The fraction of sp³-hybridized carbons (Fsp3) is 0.416. The summed E-state index contributed by atoms with van der Waals surface area (Å²) in [7, 11) is 13.0. The van der Waals surface area contributed by atoms with Crippen LogP contribution in [0.4, 0.5) is 0 Å². The molecule has 112 heavy (non-hydrogen) atoms. The number of hydrogen-bond acceptors (Lipinski definition) is 25. The van der Waals surface area contributed by atoms with Crippen molar-refractivity contribution in [3.8, 4) is 45.3 Å². The molecule has 11 aromatic rings. The normalized spacial score (nSPS) is 19.3. The molecule has 0 bridgehead atoms. The maximum absolute atomic E-state index is 9.61. The van der Waals surface area contributed by atoms with Crippen molar-refractivity contribution in [1.29, 1.82) is 0 Å². The molecule has 2 N–H and O–H groups in total. The first-order valence-corrected chi connectivity index (χ1v) is 46.4. The van der Waals surface area contributed by atoms with Crippen LogP contribution in [-0.2, 0) is 18.6 Å². The fourth-order valence-corrected chi connectivity index (χ4v) is 14.8. The molecule has 10 atom stereocenters. The second kappa shape index (κ2) is 40.4. The Kier molecular flexibility index (Phi) is 32.5. The van der Waals surface area contributed by atoms with E-state index in [9.17, 15) is 10.0 Å². The van der Waals surface area contributed by atoms with E-state index >= 15 is 0 Å². The monoisotopic (exact) mass is 1780 g/mol. The number of fused-ring (bicyclic) bond motifs is 3.